The summed E-state index contributed by atoms with van der Waals surface area (Å²) in [5.74, 6) is 0. The maximum atomic E-state index is 3.78. The highest BCUT2D eigenvalue weighted by atomic mass is 14.9. The molecule has 1 rings (SSSR count). The first-order valence-electron chi connectivity index (χ1n) is 5.60. The molecule has 1 atom stereocenters. The lowest BCUT2D eigenvalue weighted by atomic mass is 10.0. The molecule has 1 aromatic rings. The Balaban J connectivity index is 2.44. The van der Waals surface area contributed by atoms with Crippen LogP contribution >= 0.6 is 0 Å². The fourth-order valence-electron chi connectivity index (χ4n) is 1.79. The van der Waals surface area contributed by atoms with Crippen molar-refractivity contribution in [3.63, 3.8) is 0 Å². The fourth-order valence-corrected chi connectivity index (χ4v) is 1.79. The third-order valence-corrected chi connectivity index (χ3v) is 2.72. The van der Waals surface area contributed by atoms with Gasteiger partial charge < -0.3 is 5.32 Å². The molecule has 1 heteroatoms. The molecule has 0 aromatic heterocycles. The van der Waals surface area contributed by atoms with Gasteiger partial charge in [-0.25, -0.2) is 0 Å². The second kappa shape index (κ2) is 6.41. The number of hydrogen-bond donors (Lipinski definition) is 1. The number of rotatable bonds is 6. The third-order valence-electron chi connectivity index (χ3n) is 2.72. The molecule has 0 saturated carbocycles. The van der Waals surface area contributed by atoms with E-state index < -0.39 is 0 Å². The van der Waals surface area contributed by atoms with Crippen molar-refractivity contribution in [1.29, 1.82) is 0 Å². The molecule has 0 radical (unpaired) electrons. The summed E-state index contributed by atoms with van der Waals surface area (Å²) in [6.45, 7) is 5.92. The molecule has 0 bridgehead atoms. The van der Waals surface area contributed by atoms with Crippen LogP contribution in [0.25, 0.3) is 0 Å². The Morgan fingerprint density at radius 2 is 2.27 bits per heavy atom. The van der Waals surface area contributed by atoms with E-state index in [-0.39, 0.29) is 0 Å². The van der Waals surface area contributed by atoms with E-state index in [2.05, 4.69) is 43.1 Å². The maximum absolute atomic E-state index is 3.78. The average molecular weight is 203 g/mol. The molecule has 1 aromatic carbocycles. The molecule has 0 aliphatic heterocycles. The Bertz CT molecular complexity index is 304. The van der Waals surface area contributed by atoms with E-state index in [9.17, 15) is 0 Å². The normalized spacial score (nSPS) is 12.4. The van der Waals surface area contributed by atoms with E-state index in [1.807, 2.05) is 13.1 Å². The lowest BCUT2D eigenvalue weighted by Crippen LogP contribution is -2.24. The Kier molecular flexibility index (Phi) is 5.13. The second-order valence-electron chi connectivity index (χ2n) is 4.04. The highest BCUT2D eigenvalue weighted by Crippen LogP contribution is 2.09. The highest BCUT2D eigenvalue weighted by molar-refractivity contribution is 5.22. The minimum absolute atomic E-state index is 0.558. The Morgan fingerprint density at radius 1 is 1.47 bits per heavy atom. The largest absolute Gasteiger partial charge is 0.317 e. The van der Waals surface area contributed by atoms with Gasteiger partial charge in [0.05, 0.1) is 0 Å². The van der Waals surface area contributed by atoms with Crippen molar-refractivity contribution in [3.8, 4) is 0 Å². The number of nitrogens with one attached hydrogen (secondary N) is 1. The monoisotopic (exact) mass is 203 g/mol. The van der Waals surface area contributed by atoms with Crippen LogP contribution in [-0.4, -0.2) is 13.1 Å². The summed E-state index contributed by atoms with van der Waals surface area (Å²) in [5.41, 5.74) is 2.77. The molecule has 0 aliphatic carbocycles. The van der Waals surface area contributed by atoms with Crippen molar-refractivity contribution in [1.82, 2.24) is 5.32 Å². The van der Waals surface area contributed by atoms with Crippen molar-refractivity contribution in [3.05, 3.63) is 48.0 Å². The van der Waals surface area contributed by atoms with Gasteiger partial charge in [-0.3, -0.25) is 0 Å². The van der Waals surface area contributed by atoms with Crippen molar-refractivity contribution >= 4 is 0 Å². The van der Waals surface area contributed by atoms with Crippen molar-refractivity contribution in [2.45, 2.75) is 32.2 Å². The van der Waals surface area contributed by atoms with Gasteiger partial charge >= 0.3 is 0 Å². The van der Waals surface area contributed by atoms with Crippen molar-refractivity contribution in [2.24, 2.45) is 0 Å². The predicted molar refractivity (Wildman–Crippen MR) is 67.2 cm³/mol. The van der Waals surface area contributed by atoms with Crippen LogP contribution in [0.15, 0.2) is 36.9 Å². The van der Waals surface area contributed by atoms with E-state index in [0.29, 0.717) is 6.04 Å². The van der Waals surface area contributed by atoms with E-state index >= 15 is 0 Å². The molecular weight excluding hydrogens is 182 g/mol. The summed E-state index contributed by atoms with van der Waals surface area (Å²) in [4.78, 5) is 0. The topological polar surface area (TPSA) is 12.0 Å². The molecule has 0 fully saturated rings. The summed E-state index contributed by atoms with van der Waals surface area (Å²) in [7, 11) is 2.02. The summed E-state index contributed by atoms with van der Waals surface area (Å²) >= 11 is 0. The Hall–Kier alpha value is -1.08. The van der Waals surface area contributed by atoms with Gasteiger partial charge in [0.25, 0.3) is 0 Å². The maximum Gasteiger partial charge on any atom is 0.0102 e. The number of aryl methyl sites for hydroxylation is 2. The molecule has 15 heavy (non-hydrogen) atoms. The number of hydrogen-bond acceptors (Lipinski definition) is 1. The first-order chi connectivity index (χ1) is 7.26. The lowest BCUT2D eigenvalue weighted by Gasteiger charge is -2.13. The zero-order valence-electron chi connectivity index (χ0n) is 9.79. The summed E-state index contributed by atoms with van der Waals surface area (Å²) in [5, 5.41) is 3.32. The van der Waals surface area contributed by atoms with Gasteiger partial charge in [0.15, 0.2) is 0 Å². The van der Waals surface area contributed by atoms with E-state index in [1.54, 1.807) is 0 Å². The Labute approximate surface area is 93.2 Å². The molecule has 0 aliphatic rings. The molecule has 0 saturated heterocycles. The van der Waals surface area contributed by atoms with Gasteiger partial charge in [0, 0.05) is 6.04 Å². The van der Waals surface area contributed by atoms with E-state index in [4.69, 9.17) is 0 Å². The third kappa shape index (κ3) is 4.30. The zero-order valence-corrected chi connectivity index (χ0v) is 9.79. The van der Waals surface area contributed by atoms with Gasteiger partial charge in [-0.1, -0.05) is 35.9 Å². The molecule has 0 amide bonds. The van der Waals surface area contributed by atoms with Crippen LogP contribution in [0.2, 0.25) is 0 Å². The van der Waals surface area contributed by atoms with Gasteiger partial charge in [0.2, 0.25) is 0 Å². The van der Waals surface area contributed by atoms with Gasteiger partial charge in [-0.2, -0.15) is 0 Å². The minimum Gasteiger partial charge on any atom is -0.317 e. The standard InChI is InChI=1S/C14H21N/c1-4-6-14(15-3)10-9-13-8-5-7-12(2)11-13/h4-5,7-8,11,14-15H,1,6,9-10H2,2-3H3. The first-order valence-corrected chi connectivity index (χ1v) is 5.60. The Morgan fingerprint density at radius 3 is 2.87 bits per heavy atom. The molecule has 0 spiro atoms. The fraction of sp³-hybridized carbons (Fsp3) is 0.429. The molecule has 82 valence electrons. The van der Waals surface area contributed by atoms with Crippen LogP contribution in [-0.2, 0) is 6.42 Å². The van der Waals surface area contributed by atoms with Gasteiger partial charge in [0.1, 0.15) is 0 Å². The predicted octanol–water partition coefficient (Wildman–Crippen LogP) is 3.09. The van der Waals surface area contributed by atoms with Crippen LogP contribution in [0.1, 0.15) is 24.0 Å². The summed E-state index contributed by atoms with van der Waals surface area (Å²) < 4.78 is 0. The molecule has 1 unspecified atom stereocenters. The van der Waals surface area contributed by atoms with Gasteiger partial charge in [-0.15, -0.1) is 6.58 Å². The lowest BCUT2D eigenvalue weighted by molar-refractivity contribution is 0.528. The summed E-state index contributed by atoms with van der Waals surface area (Å²) in [6.07, 6.45) is 5.34. The van der Waals surface area contributed by atoms with E-state index in [0.717, 1.165) is 12.8 Å². The molecular formula is C14H21N. The van der Waals surface area contributed by atoms with Gasteiger partial charge in [-0.05, 0) is 38.8 Å². The molecule has 0 heterocycles. The number of benzene rings is 1. The van der Waals surface area contributed by atoms with Crippen LogP contribution in [0.4, 0.5) is 0 Å². The molecule has 1 nitrogen and oxygen atoms in total. The quantitative estimate of drug-likeness (QED) is 0.701. The highest BCUT2D eigenvalue weighted by Gasteiger charge is 2.03. The minimum atomic E-state index is 0.558. The van der Waals surface area contributed by atoms with E-state index in [1.165, 1.54) is 17.5 Å². The first kappa shape index (κ1) is 12.0. The second-order valence-corrected chi connectivity index (χ2v) is 4.04. The smallest absolute Gasteiger partial charge is 0.0102 e. The van der Waals surface area contributed by atoms with Crippen molar-refractivity contribution in [2.75, 3.05) is 7.05 Å². The summed E-state index contributed by atoms with van der Waals surface area (Å²) in [6, 6.07) is 9.30. The van der Waals surface area contributed by atoms with Crippen LogP contribution in [0, 0.1) is 6.92 Å². The zero-order chi connectivity index (χ0) is 11.1. The van der Waals surface area contributed by atoms with Crippen LogP contribution in [0.5, 0.6) is 0 Å². The van der Waals surface area contributed by atoms with Crippen molar-refractivity contribution < 1.29 is 0 Å². The SMILES string of the molecule is C=CCC(CCc1cccc(C)c1)NC. The van der Waals surface area contributed by atoms with Crippen LogP contribution < -0.4 is 5.32 Å². The van der Waals surface area contributed by atoms with Crippen LogP contribution in [0.3, 0.4) is 0 Å². The average Bonchev–Trinajstić information content (AvgIpc) is 2.24. The molecule has 1 N–H and O–H groups in total.